The summed E-state index contributed by atoms with van der Waals surface area (Å²) in [5, 5.41) is 13.1. The van der Waals surface area contributed by atoms with Crippen molar-refractivity contribution >= 4 is 11.8 Å². The van der Waals surface area contributed by atoms with Crippen LogP contribution >= 0.6 is 0 Å². The van der Waals surface area contributed by atoms with Crippen LogP contribution in [0.25, 0.3) is 0 Å². The molecule has 2 amide bonds. The minimum absolute atomic E-state index is 0.00152. The minimum Gasteiger partial charge on any atom is -0.353 e. The summed E-state index contributed by atoms with van der Waals surface area (Å²) in [6.45, 7) is 0.369. The van der Waals surface area contributed by atoms with Gasteiger partial charge in [0.25, 0.3) is 5.91 Å². The third-order valence-electron chi connectivity index (χ3n) is 3.43. The molecule has 0 unspecified atom stereocenters. The third kappa shape index (κ3) is 4.02. The number of nitrogens with two attached hydrogens (primary N) is 1. The molecule has 1 aromatic rings. The zero-order valence-electron chi connectivity index (χ0n) is 11.3. The van der Waals surface area contributed by atoms with E-state index in [1.807, 2.05) is 0 Å². The number of H-pyrrole nitrogens is 1. The quantitative estimate of drug-likeness (QED) is 0.568. The highest BCUT2D eigenvalue weighted by Crippen LogP contribution is 2.19. The number of rotatable bonds is 5. The van der Waals surface area contributed by atoms with Gasteiger partial charge in [-0.2, -0.15) is 0 Å². The normalized spacial score (nSPS) is 22.2. The van der Waals surface area contributed by atoms with Crippen molar-refractivity contribution in [3.8, 4) is 0 Å². The average molecular weight is 280 g/mol. The third-order valence-corrected chi connectivity index (χ3v) is 3.43. The fourth-order valence-corrected chi connectivity index (χ4v) is 2.38. The van der Waals surface area contributed by atoms with Gasteiger partial charge in [0.15, 0.2) is 0 Å². The molecule has 0 atom stereocenters. The lowest BCUT2D eigenvalue weighted by atomic mass is 9.91. The molecule has 8 heteroatoms. The lowest BCUT2D eigenvalue weighted by Crippen LogP contribution is -2.44. The first-order valence-electron chi connectivity index (χ1n) is 6.85. The summed E-state index contributed by atoms with van der Waals surface area (Å²) in [4.78, 5) is 25.9. The predicted molar refractivity (Wildman–Crippen MR) is 71.7 cm³/mol. The van der Waals surface area contributed by atoms with E-state index in [-0.39, 0.29) is 29.7 Å². The molecule has 1 fully saturated rings. The van der Waals surface area contributed by atoms with Gasteiger partial charge in [-0.25, -0.2) is 0 Å². The summed E-state index contributed by atoms with van der Waals surface area (Å²) in [5.74, 6) is -0.0110. The standard InChI is InChI=1S/C12H20N6O2/c13-6-5-10(19)16-8-1-3-9(4-2-8)17-12(20)11-14-7-15-18-11/h7-9H,1-6,13H2,(H,16,19)(H,17,20)(H,14,15,18). The van der Waals surface area contributed by atoms with Gasteiger partial charge in [0.2, 0.25) is 11.7 Å². The van der Waals surface area contributed by atoms with Gasteiger partial charge in [-0.15, -0.1) is 10.2 Å². The van der Waals surface area contributed by atoms with Crippen molar-refractivity contribution in [2.75, 3.05) is 6.54 Å². The first-order chi connectivity index (χ1) is 9.69. The highest BCUT2D eigenvalue weighted by Gasteiger charge is 2.24. The van der Waals surface area contributed by atoms with Crippen LogP contribution in [0.5, 0.6) is 0 Å². The molecule has 1 heterocycles. The van der Waals surface area contributed by atoms with Crippen LogP contribution in [0, 0.1) is 0 Å². The van der Waals surface area contributed by atoms with Gasteiger partial charge in [0.1, 0.15) is 6.33 Å². The molecule has 0 aliphatic heterocycles. The van der Waals surface area contributed by atoms with Crippen LogP contribution in [-0.2, 0) is 4.79 Å². The van der Waals surface area contributed by atoms with Gasteiger partial charge in [-0.1, -0.05) is 0 Å². The van der Waals surface area contributed by atoms with E-state index in [0.29, 0.717) is 13.0 Å². The Labute approximate surface area is 116 Å². The van der Waals surface area contributed by atoms with Crippen LogP contribution in [0.3, 0.4) is 0 Å². The van der Waals surface area contributed by atoms with Crippen LogP contribution < -0.4 is 16.4 Å². The second kappa shape index (κ2) is 6.99. The summed E-state index contributed by atoms with van der Waals surface area (Å²) in [5.41, 5.74) is 5.34. The summed E-state index contributed by atoms with van der Waals surface area (Å²) >= 11 is 0. The zero-order chi connectivity index (χ0) is 14.4. The molecule has 8 nitrogen and oxygen atoms in total. The van der Waals surface area contributed by atoms with Crippen molar-refractivity contribution in [1.29, 1.82) is 0 Å². The Morgan fingerprint density at radius 3 is 2.45 bits per heavy atom. The fraction of sp³-hybridized carbons (Fsp3) is 0.667. The molecule has 0 saturated heterocycles. The van der Waals surface area contributed by atoms with Crippen molar-refractivity contribution < 1.29 is 9.59 Å². The number of nitrogens with zero attached hydrogens (tertiary/aromatic N) is 2. The van der Waals surface area contributed by atoms with Crippen LogP contribution in [0.2, 0.25) is 0 Å². The molecule has 110 valence electrons. The first kappa shape index (κ1) is 14.4. The van der Waals surface area contributed by atoms with Crippen LogP contribution in [0.15, 0.2) is 6.33 Å². The van der Waals surface area contributed by atoms with E-state index in [1.54, 1.807) is 0 Å². The van der Waals surface area contributed by atoms with Gasteiger partial charge >= 0.3 is 0 Å². The molecular formula is C12H20N6O2. The summed E-state index contributed by atoms with van der Waals surface area (Å²) in [6.07, 6.45) is 5.14. The number of amides is 2. The van der Waals surface area contributed by atoms with E-state index >= 15 is 0 Å². The monoisotopic (exact) mass is 280 g/mol. The molecule has 1 aliphatic rings. The number of hydrogen-bond acceptors (Lipinski definition) is 5. The van der Waals surface area contributed by atoms with Gasteiger partial charge < -0.3 is 21.4 Å². The SMILES string of the molecule is NCCC(=O)NC1CCC(NC(=O)c2nnc[nH]2)CC1. The van der Waals surface area contributed by atoms with E-state index in [0.717, 1.165) is 25.7 Å². The molecule has 1 aliphatic carbocycles. The Balaban J connectivity index is 1.71. The highest BCUT2D eigenvalue weighted by molar-refractivity contribution is 5.90. The maximum absolute atomic E-state index is 11.8. The maximum Gasteiger partial charge on any atom is 0.289 e. The van der Waals surface area contributed by atoms with Crippen molar-refractivity contribution in [2.45, 2.75) is 44.2 Å². The van der Waals surface area contributed by atoms with Crippen molar-refractivity contribution in [3.63, 3.8) is 0 Å². The lowest BCUT2D eigenvalue weighted by molar-refractivity contribution is -0.121. The van der Waals surface area contributed by atoms with Gasteiger partial charge in [-0.05, 0) is 25.7 Å². The Morgan fingerprint density at radius 1 is 1.25 bits per heavy atom. The Bertz CT molecular complexity index is 439. The number of carbonyl (C=O) groups is 2. The first-order valence-corrected chi connectivity index (χ1v) is 6.85. The number of hydrogen-bond donors (Lipinski definition) is 4. The molecule has 0 spiro atoms. The van der Waals surface area contributed by atoms with Crippen molar-refractivity contribution in [2.24, 2.45) is 5.73 Å². The van der Waals surface area contributed by atoms with E-state index in [2.05, 4.69) is 25.8 Å². The smallest absolute Gasteiger partial charge is 0.289 e. The average Bonchev–Trinajstić information content (AvgIpc) is 2.95. The lowest BCUT2D eigenvalue weighted by Gasteiger charge is -2.29. The van der Waals surface area contributed by atoms with Crippen LogP contribution in [0.1, 0.15) is 42.7 Å². The molecule has 5 N–H and O–H groups in total. The molecular weight excluding hydrogens is 260 g/mol. The molecule has 1 saturated carbocycles. The van der Waals surface area contributed by atoms with Gasteiger partial charge in [-0.3, -0.25) is 9.59 Å². The molecule has 2 rings (SSSR count). The maximum atomic E-state index is 11.8. The fourth-order valence-electron chi connectivity index (χ4n) is 2.38. The van der Waals surface area contributed by atoms with Gasteiger partial charge in [0, 0.05) is 25.0 Å². The number of aromatic nitrogens is 3. The largest absolute Gasteiger partial charge is 0.353 e. The predicted octanol–water partition coefficient (Wildman–Crippen LogP) is -0.689. The summed E-state index contributed by atoms with van der Waals surface area (Å²) < 4.78 is 0. The van der Waals surface area contributed by atoms with Crippen LogP contribution in [0.4, 0.5) is 0 Å². The number of aromatic amines is 1. The second-order valence-corrected chi connectivity index (χ2v) is 4.97. The van der Waals surface area contributed by atoms with E-state index < -0.39 is 0 Å². The summed E-state index contributed by atoms with van der Waals surface area (Å²) in [7, 11) is 0. The molecule has 0 aromatic carbocycles. The summed E-state index contributed by atoms with van der Waals surface area (Å²) in [6, 6.07) is 0.308. The topological polar surface area (TPSA) is 126 Å². The Hall–Kier alpha value is -1.96. The van der Waals surface area contributed by atoms with E-state index in [9.17, 15) is 9.59 Å². The molecule has 1 aromatic heterocycles. The minimum atomic E-state index is -0.238. The molecule has 0 radical (unpaired) electrons. The molecule has 20 heavy (non-hydrogen) atoms. The number of nitrogens with one attached hydrogen (secondary N) is 3. The van der Waals surface area contributed by atoms with Crippen molar-refractivity contribution in [1.82, 2.24) is 25.8 Å². The van der Waals surface area contributed by atoms with Crippen LogP contribution in [-0.4, -0.2) is 45.6 Å². The van der Waals surface area contributed by atoms with E-state index in [4.69, 9.17) is 5.73 Å². The second-order valence-electron chi connectivity index (χ2n) is 4.97. The van der Waals surface area contributed by atoms with E-state index in [1.165, 1.54) is 6.33 Å². The van der Waals surface area contributed by atoms with Crippen molar-refractivity contribution in [3.05, 3.63) is 12.2 Å². The molecule has 0 bridgehead atoms. The Morgan fingerprint density at radius 2 is 1.90 bits per heavy atom. The van der Waals surface area contributed by atoms with Gasteiger partial charge in [0.05, 0.1) is 0 Å². The Kier molecular flexibility index (Phi) is 5.05. The highest BCUT2D eigenvalue weighted by atomic mass is 16.2. The number of carbonyl (C=O) groups excluding carboxylic acids is 2. The zero-order valence-corrected chi connectivity index (χ0v) is 11.3.